The molecule has 0 bridgehead atoms. The van der Waals surface area contributed by atoms with E-state index in [4.69, 9.17) is 25.7 Å². The van der Waals surface area contributed by atoms with Gasteiger partial charge in [0.15, 0.2) is 12.6 Å². The quantitative estimate of drug-likeness (QED) is 0.144. The standard InChI is InChI=1S/C23H27N5O7/c1-2-34-21(32)11-17(16-8-3-4-9-18(16)35-13-20(30)31)28-19(29)12-26-22(33)14-6-5-7-15(10-14)27-23(24)25/h3-10,17H,2,11-13H2,1H3,(H,26,33)(H,28,29)(H,30,31)(H4,24,25,27). The second-order valence-electron chi connectivity index (χ2n) is 7.15. The van der Waals surface area contributed by atoms with Crippen molar-refractivity contribution in [2.45, 2.75) is 19.4 Å². The molecule has 12 heteroatoms. The maximum Gasteiger partial charge on any atom is 0.341 e. The Labute approximate surface area is 201 Å². The second kappa shape index (κ2) is 13.2. The highest BCUT2D eigenvalue weighted by atomic mass is 16.5. The van der Waals surface area contributed by atoms with E-state index in [1.807, 2.05) is 0 Å². The number of aliphatic carboxylic acids is 1. The van der Waals surface area contributed by atoms with E-state index in [0.29, 0.717) is 11.3 Å². The average Bonchev–Trinajstić information content (AvgIpc) is 2.81. The molecule has 35 heavy (non-hydrogen) atoms. The molecule has 2 amide bonds. The Morgan fingerprint density at radius 3 is 2.54 bits per heavy atom. The van der Waals surface area contributed by atoms with Crippen molar-refractivity contribution in [2.75, 3.05) is 25.1 Å². The number of rotatable bonds is 12. The van der Waals surface area contributed by atoms with Crippen molar-refractivity contribution in [3.63, 3.8) is 0 Å². The lowest BCUT2D eigenvalue weighted by Gasteiger charge is -2.21. The number of ether oxygens (including phenoxy) is 2. The average molecular weight is 485 g/mol. The summed E-state index contributed by atoms with van der Waals surface area (Å²) in [7, 11) is 0. The fourth-order valence-corrected chi connectivity index (χ4v) is 3.07. The molecule has 0 saturated heterocycles. The van der Waals surface area contributed by atoms with Crippen LogP contribution in [0.2, 0.25) is 0 Å². The van der Waals surface area contributed by atoms with Gasteiger partial charge in [0.25, 0.3) is 5.91 Å². The molecule has 0 heterocycles. The van der Waals surface area contributed by atoms with Crippen LogP contribution < -0.4 is 26.4 Å². The molecule has 0 radical (unpaired) electrons. The molecular formula is C23H27N5O7. The van der Waals surface area contributed by atoms with E-state index in [2.05, 4.69) is 16.0 Å². The van der Waals surface area contributed by atoms with Gasteiger partial charge < -0.3 is 36.3 Å². The van der Waals surface area contributed by atoms with Crippen molar-refractivity contribution in [3.05, 3.63) is 59.7 Å². The van der Waals surface area contributed by atoms with Crippen molar-refractivity contribution >= 4 is 35.4 Å². The van der Waals surface area contributed by atoms with E-state index in [1.165, 1.54) is 18.2 Å². The van der Waals surface area contributed by atoms with Crippen LogP contribution in [0.3, 0.4) is 0 Å². The third-order valence-corrected chi connectivity index (χ3v) is 4.47. The summed E-state index contributed by atoms with van der Waals surface area (Å²) in [6, 6.07) is 11.7. The van der Waals surface area contributed by atoms with Crippen LogP contribution in [0.1, 0.15) is 35.3 Å². The van der Waals surface area contributed by atoms with Crippen molar-refractivity contribution in [1.82, 2.24) is 10.6 Å². The third-order valence-electron chi connectivity index (χ3n) is 4.47. The lowest BCUT2D eigenvalue weighted by molar-refractivity contribution is -0.144. The number of anilines is 1. The molecule has 0 aliphatic carbocycles. The van der Waals surface area contributed by atoms with Crippen molar-refractivity contribution < 1.29 is 33.8 Å². The van der Waals surface area contributed by atoms with Gasteiger partial charge >= 0.3 is 11.9 Å². The van der Waals surface area contributed by atoms with Crippen LogP contribution in [-0.4, -0.2) is 54.6 Å². The maximum atomic E-state index is 12.6. The number of para-hydroxylation sites is 1. The maximum absolute atomic E-state index is 12.6. The molecule has 2 aromatic carbocycles. The molecule has 2 rings (SSSR count). The van der Waals surface area contributed by atoms with Gasteiger partial charge in [-0.05, 0) is 31.2 Å². The first kappa shape index (κ1) is 26.6. The number of carbonyl (C=O) groups excluding carboxylic acids is 3. The van der Waals surface area contributed by atoms with Crippen LogP contribution in [0.4, 0.5) is 5.69 Å². The molecule has 1 atom stereocenters. The minimum Gasteiger partial charge on any atom is -0.482 e. The lowest BCUT2D eigenvalue weighted by atomic mass is 10.0. The Balaban J connectivity index is 2.11. The predicted molar refractivity (Wildman–Crippen MR) is 126 cm³/mol. The van der Waals surface area contributed by atoms with E-state index in [0.717, 1.165) is 0 Å². The Bertz CT molecular complexity index is 1090. The Hall–Kier alpha value is -4.61. The molecule has 0 spiro atoms. The Morgan fingerprint density at radius 1 is 1.11 bits per heavy atom. The summed E-state index contributed by atoms with van der Waals surface area (Å²) >= 11 is 0. The molecule has 1 unspecified atom stereocenters. The van der Waals surface area contributed by atoms with Crippen LogP contribution >= 0.6 is 0 Å². The van der Waals surface area contributed by atoms with Crippen molar-refractivity contribution in [1.29, 1.82) is 5.41 Å². The van der Waals surface area contributed by atoms with Crippen molar-refractivity contribution in [2.24, 2.45) is 5.73 Å². The minimum atomic E-state index is -1.18. The molecule has 0 aromatic heterocycles. The van der Waals surface area contributed by atoms with Crippen LogP contribution in [0.5, 0.6) is 5.75 Å². The molecule has 7 N–H and O–H groups in total. The minimum absolute atomic E-state index is 0.143. The normalized spacial score (nSPS) is 11.0. The molecular weight excluding hydrogens is 458 g/mol. The molecule has 186 valence electrons. The highest BCUT2D eigenvalue weighted by Crippen LogP contribution is 2.27. The SMILES string of the molecule is CCOC(=O)CC(NC(=O)CNC(=O)c1cccc(NC(=N)N)c1)c1ccccc1OCC(=O)O. The molecule has 0 saturated carbocycles. The van der Waals surface area contributed by atoms with Gasteiger partial charge in [-0.25, -0.2) is 4.79 Å². The molecule has 0 aliphatic rings. The predicted octanol–water partition coefficient (Wildman–Crippen LogP) is 0.996. The summed E-state index contributed by atoms with van der Waals surface area (Å²) in [6.45, 7) is 0.779. The molecule has 2 aromatic rings. The van der Waals surface area contributed by atoms with Crippen LogP contribution in [-0.2, 0) is 19.1 Å². The van der Waals surface area contributed by atoms with Crippen LogP contribution in [0.25, 0.3) is 0 Å². The number of hydrogen-bond donors (Lipinski definition) is 6. The zero-order chi connectivity index (χ0) is 25.8. The number of amides is 2. The summed E-state index contributed by atoms with van der Waals surface area (Å²) in [4.78, 5) is 48.1. The molecule has 0 fully saturated rings. The number of esters is 1. The number of hydrogen-bond acceptors (Lipinski definition) is 7. The highest BCUT2D eigenvalue weighted by molar-refractivity contribution is 5.98. The first-order valence-corrected chi connectivity index (χ1v) is 10.6. The first-order chi connectivity index (χ1) is 16.7. The van der Waals surface area contributed by atoms with Crippen molar-refractivity contribution in [3.8, 4) is 5.75 Å². The number of carboxylic acids is 1. The van der Waals surface area contributed by atoms with E-state index in [1.54, 1.807) is 37.3 Å². The molecule has 0 aliphatic heterocycles. The van der Waals surface area contributed by atoms with E-state index < -0.39 is 42.9 Å². The van der Waals surface area contributed by atoms with Gasteiger partial charge in [-0.1, -0.05) is 24.3 Å². The Morgan fingerprint density at radius 2 is 1.86 bits per heavy atom. The molecule has 12 nitrogen and oxygen atoms in total. The largest absolute Gasteiger partial charge is 0.482 e. The van der Waals surface area contributed by atoms with Crippen LogP contribution in [0.15, 0.2) is 48.5 Å². The van der Waals surface area contributed by atoms with E-state index >= 15 is 0 Å². The number of carbonyl (C=O) groups is 4. The smallest absolute Gasteiger partial charge is 0.341 e. The zero-order valence-corrected chi connectivity index (χ0v) is 19.0. The number of carboxylic acid groups (broad SMARTS) is 1. The summed E-state index contributed by atoms with van der Waals surface area (Å²) in [5.41, 5.74) is 6.34. The number of guanidine groups is 1. The first-order valence-electron chi connectivity index (χ1n) is 10.6. The highest BCUT2D eigenvalue weighted by Gasteiger charge is 2.23. The van der Waals surface area contributed by atoms with Gasteiger partial charge in [0.1, 0.15) is 5.75 Å². The number of nitrogens with two attached hydrogens (primary N) is 1. The Kier molecular flexibility index (Phi) is 10.0. The van der Waals surface area contributed by atoms with E-state index in [9.17, 15) is 19.2 Å². The van der Waals surface area contributed by atoms with Crippen LogP contribution in [0, 0.1) is 5.41 Å². The fraction of sp³-hybridized carbons (Fsp3) is 0.261. The number of nitrogens with one attached hydrogen (secondary N) is 4. The zero-order valence-electron chi connectivity index (χ0n) is 19.0. The summed E-state index contributed by atoms with van der Waals surface area (Å²) in [5, 5.41) is 23.9. The van der Waals surface area contributed by atoms with Gasteiger partial charge in [0.05, 0.1) is 25.6 Å². The lowest BCUT2D eigenvalue weighted by Crippen LogP contribution is -2.39. The second-order valence-corrected chi connectivity index (χ2v) is 7.15. The third kappa shape index (κ3) is 9.04. The summed E-state index contributed by atoms with van der Waals surface area (Å²) in [5.74, 6) is -3.01. The topological polar surface area (TPSA) is 193 Å². The van der Waals surface area contributed by atoms with Gasteiger partial charge in [0, 0.05) is 16.8 Å². The monoisotopic (exact) mass is 485 g/mol. The van der Waals surface area contributed by atoms with Gasteiger partial charge in [-0.3, -0.25) is 19.8 Å². The summed E-state index contributed by atoms with van der Waals surface area (Å²) in [6.07, 6.45) is -0.236. The van der Waals surface area contributed by atoms with Gasteiger partial charge in [-0.2, -0.15) is 0 Å². The van der Waals surface area contributed by atoms with Gasteiger partial charge in [0.2, 0.25) is 5.91 Å². The number of benzene rings is 2. The van der Waals surface area contributed by atoms with E-state index in [-0.39, 0.29) is 30.3 Å². The van der Waals surface area contributed by atoms with Gasteiger partial charge in [-0.15, -0.1) is 0 Å². The summed E-state index contributed by atoms with van der Waals surface area (Å²) < 4.78 is 10.3. The fourth-order valence-electron chi connectivity index (χ4n) is 3.07.